The van der Waals surface area contributed by atoms with Crippen LogP contribution in [0.1, 0.15) is 20.8 Å². The summed E-state index contributed by atoms with van der Waals surface area (Å²) in [5.41, 5.74) is -0.373. The molecule has 1 aliphatic rings. The van der Waals surface area contributed by atoms with E-state index in [4.69, 9.17) is 0 Å². The summed E-state index contributed by atoms with van der Waals surface area (Å²) in [4.78, 5) is 9.47. The Kier molecular flexibility index (Phi) is 16.2. The van der Waals surface area contributed by atoms with E-state index in [9.17, 15) is 4.79 Å². The van der Waals surface area contributed by atoms with Crippen molar-refractivity contribution >= 4 is 30.4 Å². The predicted molar refractivity (Wildman–Crippen MR) is 59.1 cm³/mol. The predicted octanol–water partition coefficient (Wildman–Crippen LogP) is 1.28. The molecular formula is C8H16INO2Zn. The molecule has 13 heavy (non-hydrogen) atoms. The topological polar surface area (TPSA) is 38.3 Å². The van der Waals surface area contributed by atoms with Crippen molar-refractivity contribution < 1.29 is 29.0 Å². The Labute approximate surface area is 110 Å². The molecule has 0 aromatic heterocycles. The van der Waals surface area contributed by atoms with Gasteiger partial charge in [0.2, 0.25) is 0 Å². The van der Waals surface area contributed by atoms with Crippen molar-refractivity contribution in [3.63, 3.8) is 0 Å². The molecule has 3 nitrogen and oxygen atoms in total. The monoisotopic (exact) mass is 349 g/mol. The van der Waals surface area contributed by atoms with Gasteiger partial charge in [-0.2, -0.15) is 0 Å². The van der Waals surface area contributed by atoms with Crippen LogP contribution in [0.4, 0.5) is 0 Å². The van der Waals surface area contributed by atoms with E-state index in [0.717, 1.165) is 13.1 Å². The van der Waals surface area contributed by atoms with Crippen LogP contribution in [-0.2, 0) is 29.0 Å². The molecule has 1 fully saturated rings. The Morgan fingerprint density at radius 2 is 1.69 bits per heavy atom. The van der Waals surface area contributed by atoms with Gasteiger partial charge in [-0.15, -0.1) is 37.1 Å². The van der Waals surface area contributed by atoms with Crippen molar-refractivity contribution in [2.75, 3.05) is 13.1 Å². The summed E-state index contributed by atoms with van der Waals surface area (Å²) in [5.74, 6) is 0. The zero-order chi connectivity index (χ0) is 8.74. The second-order valence-corrected chi connectivity index (χ2v) is 3.24. The first kappa shape index (κ1) is 19.4. The molecule has 1 heterocycles. The van der Waals surface area contributed by atoms with Crippen molar-refractivity contribution in [3.8, 4) is 0 Å². The van der Waals surface area contributed by atoms with Crippen molar-refractivity contribution in [3.05, 3.63) is 6.42 Å². The number of halogens is 1. The Hall–Kier alpha value is 0.783. The van der Waals surface area contributed by atoms with Gasteiger partial charge in [0.05, 0.1) is 5.60 Å². The molecule has 0 spiro atoms. The largest absolute Gasteiger partial charge is 2.00 e. The molecule has 0 aromatic rings. The molecule has 0 bridgehead atoms. The average molecular weight is 351 g/mol. The third-order valence-corrected chi connectivity index (χ3v) is 0.925. The Balaban J connectivity index is -0.000000144. The van der Waals surface area contributed by atoms with E-state index >= 15 is 0 Å². The Bertz CT molecular complexity index is 109. The summed E-state index contributed by atoms with van der Waals surface area (Å²) in [6.45, 7) is 8.98. The van der Waals surface area contributed by atoms with Gasteiger partial charge < -0.3 is 21.3 Å². The summed E-state index contributed by atoms with van der Waals surface area (Å²) >= 11 is 0. The molecule has 0 atom stereocenters. The first-order valence-corrected chi connectivity index (χ1v) is 3.64. The summed E-state index contributed by atoms with van der Waals surface area (Å²) in [6, 6.07) is 0. The van der Waals surface area contributed by atoms with Gasteiger partial charge in [-0.05, 0) is 20.8 Å². The van der Waals surface area contributed by atoms with Crippen molar-refractivity contribution in [1.82, 2.24) is 5.32 Å². The standard InChI is InChI=1S/C5H9O2.C3H6N.HI.Zn/c1-5(2,3)7-4-6;1-2-4-3-1;;/h1-3H3;1,4H,2-3H2;1H;/q2*-1;;+2. The SMILES string of the molecule is CC(C)(C)O[C-]=O.I.[CH-]1CNC1.[Zn+2]. The van der Waals surface area contributed by atoms with Crippen LogP contribution in [0.25, 0.3) is 0 Å². The molecule has 0 amide bonds. The number of carbonyl (C=O) groups excluding carboxylic acids is 1. The van der Waals surface area contributed by atoms with Crippen LogP contribution < -0.4 is 5.32 Å². The fraction of sp³-hybridized carbons (Fsp3) is 0.750. The zero-order valence-electron chi connectivity index (χ0n) is 8.42. The Morgan fingerprint density at radius 3 is 1.69 bits per heavy atom. The van der Waals surface area contributed by atoms with E-state index in [2.05, 4.69) is 16.5 Å². The fourth-order valence-corrected chi connectivity index (χ4v) is 0.269. The van der Waals surface area contributed by atoms with Gasteiger partial charge in [0.15, 0.2) is 0 Å². The van der Waals surface area contributed by atoms with Crippen molar-refractivity contribution in [2.24, 2.45) is 0 Å². The van der Waals surface area contributed by atoms with Crippen LogP contribution in [-0.4, -0.2) is 25.2 Å². The molecule has 5 heteroatoms. The number of ether oxygens (including phenoxy) is 1. The smallest absolute Gasteiger partial charge is 0.649 e. The van der Waals surface area contributed by atoms with Crippen LogP contribution in [0.3, 0.4) is 0 Å². The van der Waals surface area contributed by atoms with Crippen molar-refractivity contribution in [2.45, 2.75) is 26.4 Å². The first-order valence-electron chi connectivity index (χ1n) is 3.64. The van der Waals surface area contributed by atoms with E-state index in [-0.39, 0.29) is 49.1 Å². The van der Waals surface area contributed by atoms with Gasteiger partial charge in [0.1, 0.15) is 0 Å². The molecule has 1 N–H and O–H groups in total. The summed E-state index contributed by atoms with van der Waals surface area (Å²) in [5, 5.41) is 3.06. The average Bonchev–Trinajstić information content (AvgIpc) is 1.54. The van der Waals surface area contributed by atoms with Crippen LogP contribution in [0.5, 0.6) is 0 Å². The number of rotatable bonds is 1. The number of hydrogen-bond donors (Lipinski definition) is 1. The van der Waals surface area contributed by atoms with Crippen LogP contribution in [0.15, 0.2) is 0 Å². The summed E-state index contributed by atoms with van der Waals surface area (Å²) in [7, 11) is 0. The van der Waals surface area contributed by atoms with Gasteiger partial charge in [0.25, 0.3) is 0 Å². The van der Waals surface area contributed by atoms with E-state index in [1.54, 1.807) is 20.8 Å². The third kappa shape index (κ3) is 19.3. The van der Waals surface area contributed by atoms with Gasteiger partial charge >= 0.3 is 19.5 Å². The fourth-order valence-electron chi connectivity index (χ4n) is 0.269. The first-order chi connectivity index (χ1) is 5.06. The molecule has 1 saturated heterocycles. The quantitative estimate of drug-likeness (QED) is 0.440. The van der Waals surface area contributed by atoms with Gasteiger partial charge in [0, 0.05) is 0 Å². The Morgan fingerprint density at radius 1 is 1.38 bits per heavy atom. The number of nitrogens with one attached hydrogen (secondary N) is 1. The minimum atomic E-state index is -0.373. The second kappa shape index (κ2) is 10.9. The normalized spacial score (nSPS) is 13.2. The van der Waals surface area contributed by atoms with Crippen LogP contribution >= 0.6 is 24.0 Å². The molecule has 0 aromatic carbocycles. The van der Waals surface area contributed by atoms with Gasteiger partial charge in [-0.3, -0.25) is 0 Å². The molecule has 0 unspecified atom stereocenters. The van der Waals surface area contributed by atoms with E-state index < -0.39 is 0 Å². The maximum absolute atomic E-state index is 9.47. The molecule has 1 aliphatic heterocycles. The second-order valence-electron chi connectivity index (χ2n) is 3.24. The summed E-state index contributed by atoms with van der Waals surface area (Å²) < 4.78 is 4.42. The van der Waals surface area contributed by atoms with Crippen LogP contribution in [0.2, 0.25) is 0 Å². The van der Waals surface area contributed by atoms with Crippen LogP contribution in [0, 0.1) is 6.42 Å². The maximum atomic E-state index is 9.47. The minimum absolute atomic E-state index is 0. The minimum Gasteiger partial charge on any atom is -0.649 e. The van der Waals surface area contributed by atoms with Gasteiger partial charge in [-0.25, -0.2) is 0 Å². The summed E-state index contributed by atoms with van der Waals surface area (Å²) in [6.07, 6.45) is 2.19. The third-order valence-electron chi connectivity index (χ3n) is 0.925. The molecule has 1 rings (SSSR count). The van der Waals surface area contributed by atoms with E-state index in [1.807, 2.05) is 0 Å². The van der Waals surface area contributed by atoms with Crippen molar-refractivity contribution in [1.29, 1.82) is 0 Å². The van der Waals surface area contributed by atoms with Gasteiger partial charge in [-0.1, -0.05) is 6.47 Å². The molecule has 0 saturated carbocycles. The number of hydrogen-bond acceptors (Lipinski definition) is 3. The molecule has 74 valence electrons. The van der Waals surface area contributed by atoms with E-state index in [0.29, 0.717) is 0 Å². The zero-order valence-corrected chi connectivity index (χ0v) is 13.7. The maximum Gasteiger partial charge on any atom is 2.00 e. The molecule has 0 radical (unpaired) electrons. The molecular weight excluding hydrogens is 334 g/mol. The van der Waals surface area contributed by atoms with E-state index in [1.165, 1.54) is 6.47 Å². The molecule has 0 aliphatic carbocycles.